The van der Waals surface area contributed by atoms with Crippen LogP contribution in [-0.2, 0) is 6.42 Å². The van der Waals surface area contributed by atoms with Crippen LogP contribution in [0.15, 0.2) is 60.7 Å². The first kappa shape index (κ1) is 16.6. The molecule has 0 spiro atoms. The summed E-state index contributed by atoms with van der Waals surface area (Å²) in [4.78, 5) is 3.69. The molecule has 0 aliphatic heterocycles. The average Bonchev–Trinajstić information content (AvgIpc) is 2.99. The van der Waals surface area contributed by atoms with E-state index in [0.717, 1.165) is 25.8 Å². The Balaban J connectivity index is 1.94. The molecule has 0 aliphatic carbocycles. The Morgan fingerprint density at radius 2 is 1.72 bits per heavy atom. The van der Waals surface area contributed by atoms with Crippen molar-refractivity contribution in [1.82, 2.24) is 4.98 Å². The Hall–Kier alpha value is -1.85. The second-order valence-electron chi connectivity index (χ2n) is 6.44. The summed E-state index contributed by atoms with van der Waals surface area (Å²) in [6.45, 7) is 0.753. The van der Waals surface area contributed by atoms with Gasteiger partial charge < -0.3 is 10.7 Å². The largest absolute Gasteiger partial charge is 0.354 e. The van der Waals surface area contributed by atoms with Crippen LogP contribution < -0.4 is 5.73 Å². The number of unbranched alkanes of at least 4 members (excludes halogenated alkanes) is 1. The van der Waals surface area contributed by atoms with E-state index >= 15 is 0 Å². The quantitative estimate of drug-likeness (QED) is 0.296. The summed E-state index contributed by atoms with van der Waals surface area (Å²) in [7, 11) is 0. The summed E-state index contributed by atoms with van der Waals surface area (Å²) in [6.07, 6.45) is 3.23. The Kier molecular flexibility index (Phi) is 4.77. The highest BCUT2D eigenvalue weighted by molar-refractivity contribution is 14.1. The van der Waals surface area contributed by atoms with Gasteiger partial charge in [0, 0.05) is 20.0 Å². The lowest BCUT2D eigenvalue weighted by Gasteiger charge is -2.09. The summed E-state index contributed by atoms with van der Waals surface area (Å²) in [5.74, 6) is 0. The van der Waals surface area contributed by atoms with Crippen LogP contribution in [0, 0.1) is 3.57 Å². The third kappa shape index (κ3) is 3.18. The molecule has 0 amide bonds. The number of halogens is 1. The highest BCUT2D eigenvalue weighted by atomic mass is 127. The molecule has 3 heteroatoms. The number of hydrogen-bond donors (Lipinski definition) is 2. The van der Waals surface area contributed by atoms with Gasteiger partial charge in [-0.15, -0.1) is 0 Å². The summed E-state index contributed by atoms with van der Waals surface area (Å²) in [6, 6.07) is 21.8. The number of benzene rings is 3. The van der Waals surface area contributed by atoms with Crippen molar-refractivity contribution in [3.8, 4) is 11.3 Å². The van der Waals surface area contributed by atoms with Crippen LogP contribution in [0.2, 0.25) is 0 Å². The van der Waals surface area contributed by atoms with Gasteiger partial charge in [-0.1, -0.05) is 42.5 Å². The molecular weight excluding hydrogens is 419 g/mol. The van der Waals surface area contributed by atoms with Crippen molar-refractivity contribution in [2.24, 2.45) is 5.73 Å². The van der Waals surface area contributed by atoms with Crippen molar-refractivity contribution in [3.05, 3.63) is 69.8 Å². The molecule has 0 bridgehead atoms. The lowest BCUT2D eigenvalue weighted by Crippen LogP contribution is -1.99. The Morgan fingerprint density at radius 1 is 0.880 bits per heavy atom. The molecule has 0 unspecified atom stereocenters. The fraction of sp³-hybridized carbons (Fsp3) is 0.182. The zero-order valence-electron chi connectivity index (χ0n) is 14.1. The minimum absolute atomic E-state index is 0.753. The average molecular weight is 440 g/mol. The van der Waals surface area contributed by atoms with Crippen molar-refractivity contribution < 1.29 is 0 Å². The Labute approximate surface area is 161 Å². The maximum Gasteiger partial charge on any atom is 0.0503 e. The highest BCUT2D eigenvalue weighted by Crippen LogP contribution is 2.36. The van der Waals surface area contributed by atoms with Gasteiger partial charge in [0.2, 0.25) is 0 Å². The van der Waals surface area contributed by atoms with Crippen LogP contribution in [0.5, 0.6) is 0 Å². The van der Waals surface area contributed by atoms with Gasteiger partial charge in [-0.3, -0.25) is 0 Å². The molecule has 0 saturated heterocycles. The third-order valence-electron chi connectivity index (χ3n) is 4.81. The molecule has 1 aromatic heterocycles. The van der Waals surface area contributed by atoms with Crippen molar-refractivity contribution in [1.29, 1.82) is 0 Å². The zero-order valence-corrected chi connectivity index (χ0v) is 16.2. The Morgan fingerprint density at radius 3 is 2.60 bits per heavy atom. The molecule has 3 aromatic carbocycles. The van der Waals surface area contributed by atoms with Crippen molar-refractivity contribution in [2.45, 2.75) is 19.3 Å². The maximum absolute atomic E-state index is 5.72. The SMILES string of the molecule is NCCCCc1c(-c2cccc3ccccc23)[nH]c2ccc(I)cc12. The van der Waals surface area contributed by atoms with Gasteiger partial charge in [-0.25, -0.2) is 0 Å². The molecule has 4 rings (SSSR count). The topological polar surface area (TPSA) is 41.8 Å². The maximum atomic E-state index is 5.72. The molecule has 3 N–H and O–H groups in total. The van der Waals surface area contributed by atoms with Gasteiger partial charge in [0.25, 0.3) is 0 Å². The number of fused-ring (bicyclic) bond motifs is 2. The summed E-state index contributed by atoms with van der Waals surface area (Å²) in [5.41, 5.74) is 10.9. The number of H-pyrrole nitrogens is 1. The highest BCUT2D eigenvalue weighted by Gasteiger charge is 2.15. The number of rotatable bonds is 5. The van der Waals surface area contributed by atoms with Gasteiger partial charge in [0.05, 0.1) is 5.69 Å². The van der Waals surface area contributed by atoms with E-state index in [1.807, 2.05) is 0 Å². The van der Waals surface area contributed by atoms with Crippen LogP contribution in [-0.4, -0.2) is 11.5 Å². The second-order valence-corrected chi connectivity index (χ2v) is 7.69. The van der Waals surface area contributed by atoms with Gasteiger partial charge in [-0.2, -0.15) is 0 Å². The number of aromatic nitrogens is 1. The minimum Gasteiger partial charge on any atom is -0.354 e. The van der Waals surface area contributed by atoms with E-state index in [0.29, 0.717) is 0 Å². The first-order chi connectivity index (χ1) is 12.3. The van der Waals surface area contributed by atoms with E-state index in [4.69, 9.17) is 5.73 Å². The van der Waals surface area contributed by atoms with Crippen molar-refractivity contribution >= 4 is 44.3 Å². The first-order valence-corrected chi connectivity index (χ1v) is 9.84. The molecule has 1 heterocycles. The van der Waals surface area contributed by atoms with E-state index in [9.17, 15) is 0 Å². The van der Waals surface area contributed by atoms with E-state index < -0.39 is 0 Å². The molecule has 4 aromatic rings. The number of nitrogens with two attached hydrogens (primary N) is 1. The minimum atomic E-state index is 0.753. The number of aryl methyl sites for hydroxylation is 1. The van der Waals surface area contributed by atoms with Crippen molar-refractivity contribution in [2.75, 3.05) is 6.54 Å². The summed E-state index contributed by atoms with van der Waals surface area (Å²) >= 11 is 2.39. The molecule has 25 heavy (non-hydrogen) atoms. The van der Waals surface area contributed by atoms with Crippen LogP contribution in [0.4, 0.5) is 0 Å². The van der Waals surface area contributed by atoms with Gasteiger partial charge >= 0.3 is 0 Å². The van der Waals surface area contributed by atoms with Gasteiger partial charge in [0.15, 0.2) is 0 Å². The lowest BCUT2D eigenvalue weighted by molar-refractivity contribution is 0.748. The first-order valence-electron chi connectivity index (χ1n) is 8.76. The molecular formula is C22H21IN2. The van der Waals surface area contributed by atoms with Gasteiger partial charge in [0.1, 0.15) is 0 Å². The van der Waals surface area contributed by atoms with E-state index in [1.54, 1.807) is 0 Å². The number of nitrogens with one attached hydrogen (secondary N) is 1. The third-order valence-corrected chi connectivity index (χ3v) is 5.48. The molecule has 126 valence electrons. The predicted octanol–water partition coefficient (Wildman–Crippen LogP) is 5.87. The predicted molar refractivity (Wildman–Crippen MR) is 116 cm³/mol. The molecule has 0 radical (unpaired) electrons. The van der Waals surface area contributed by atoms with Crippen LogP contribution in [0.3, 0.4) is 0 Å². The summed E-state index contributed by atoms with van der Waals surface area (Å²) in [5, 5.41) is 3.92. The van der Waals surface area contributed by atoms with Crippen LogP contribution >= 0.6 is 22.6 Å². The van der Waals surface area contributed by atoms with Gasteiger partial charge in [-0.05, 0) is 82.9 Å². The Bertz CT molecular complexity index is 1030. The van der Waals surface area contributed by atoms with Crippen LogP contribution in [0.25, 0.3) is 32.9 Å². The normalized spacial score (nSPS) is 11.4. The van der Waals surface area contributed by atoms with E-state index in [-0.39, 0.29) is 0 Å². The molecule has 0 aliphatic rings. The molecule has 0 saturated carbocycles. The van der Waals surface area contributed by atoms with Crippen LogP contribution in [0.1, 0.15) is 18.4 Å². The molecule has 0 atom stereocenters. The van der Waals surface area contributed by atoms with E-state index in [2.05, 4.69) is 88.2 Å². The second kappa shape index (κ2) is 7.18. The smallest absolute Gasteiger partial charge is 0.0503 e. The lowest BCUT2D eigenvalue weighted by atomic mass is 9.96. The van der Waals surface area contributed by atoms with E-state index in [1.165, 1.54) is 42.1 Å². The van der Waals surface area contributed by atoms with Crippen molar-refractivity contribution in [3.63, 3.8) is 0 Å². The fourth-order valence-corrected chi connectivity index (χ4v) is 4.09. The zero-order chi connectivity index (χ0) is 17.2. The molecule has 0 fully saturated rings. The number of aromatic amines is 1. The standard InChI is InChI=1S/C22H21IN2/c23-16-11-12-21-20(14-16)19(9-3-4-13-24)22(25-21)18-10-5-7-15-6-1-2-8-17(15)18/h1-2,5-8,10-12,14,25H,3-4,9,13,24H2. The fourth-order valence-electron chi connectivity index (χ4n) is 3.60. The number of hydrogen-bond acceptors (Lipinski definition) is 1. The summed E-state index contributed by atoms with van der Waals surface area (Å²) < 4.78 is 1.27. The monoisotopic (exact) mass is 440 g/mol. The molecule has 2 nitrogen and oxygen atoms in total.